The topological polar surface area (TPSA) is 112 Å². The minimum absolute atomic E-state index is 0.153. The third-order valence-corrected chi connectivity index (χ3v) is 10.3. The van der Waals surface area contributed by atoms with E-state index in [2.05, 4.69) is 0 Å². The molecular formula is C29H23Cl2FN2O6. The number of rotatable bonds is 3. The molecule has 0 unspecified atom stereocenters. The van der Waals surface area contributed by atoms with Crippen LogP contribution in [0.3, 0.4) is 0 Å². The number of nitrogens with zero attached hydrogens (tertiary/aromatic N) is 2. The summed E-state index contributed by atoms with van der Waals surface area (Å²) in [5.74, 6) is -7.67. The van der Waals surface area contributed by atoms with Crippen LogP contribution < -0.4 is 4.90 Å². The molecule has 8 nitrogen and oxygen atoms in total. The summed E-state index contributed by atoms with van der Waals surface area (Å²) in [6.45, 7) is 1.41. The number of halogens is 3. The number of alkyl halides is 2. The van der Waals surface area contributed by atoms with E-state index in [0.717, 1.165) is 21.9 Å². The van der Waals surface area contributed by atoms with Crippen molar-refractivity contribution in [1.82, 2.24) is 4.90 Å². The molecule has 40 heavy (non-hydrogen) atoms. The number of phenolic OH excluding ortho intramolecular Hbond substituents is 1. The van der Waals surface area contributed by atoms with E-state index in [4.69, 9.17) is 23.2 Å². The van der Waals surface area contributed by atoms with Crippen LogP contribution in [0, 0.1) is 23.6 Å². The number of ketones is 1. The van der Waals surface area contributed by atoms with E-state index in [1.54, 1.807) is 6.08 Å². The van der Waals surface area contributed by atoms with E-state index >= 15 is 0 Å². The van der Waals surface area contributed by atoms with Crippen LogP contribution in [0.1, 0.15) is 41.6 Å². The van der Waals surface area contributed by atoms with Crippen molar-refractivity contribution < 1.29 is 33.5 Å². The maximum Gasteiger partial charge on any atom is 0.253 e. The van der Waals surface area contributed by atoms with Crippen LogP contribution in [0.5, 0.6) is 5.75 Å². The van der Waals surface area contributed by atoms with Crippen LogP contribution >= 0.6 is 23.2 Å². The standard InChI is InChI=1S/C29H23Cl2FN2O6/c1-13(35)14-3-6-16(7-4-14)34-24(37)18-9-8-17-19(22(18)25(34)38)12-28(30)26(39)33(2)27(40)29(28,31)23(17)15-5-10-21(36)20(32)11-15/h3-8,10-11,18-19,22-23,36H,9,12H2,1-2H3/t18-,19+,22-,23-,28+,29-/m0/s1. The second-order valence-electron chi connectivity index (χ2n) is 10.8. The summed E-state index contributed by atoms with van der Waals surface area (Å²) in [6.07, 6.45) is 1.71. The Kier molecular flexibility index (Phi) is 5.81. The van der Waals surface area contributed by atoms with Crippen molar-refractivity contribution in [1.29, 1.82) is 0 Å². The molecule has 11 heteroatoms. The Morgan fingerprint density at radius 2 is 1.68 bits per heavy atom. The fraction of sp³-hybridized carbons (Fsp3) is 0.345. The number of phenols is 1. The number of allylic oxidation sites excluding steroid dienone is 2. The van der Waals surface area contributed by atoms with Crippen molar-refractivity contribution in [2.45, 2.75) is 35.4 Å². The zero-order valence-electron chi connectivity index (χ0n) is 21.4. The number of carbonyl (C=O) groups excluding carboxylic acids is 5. The number of carbonyl (C=O) groups is 5. The van der Waals surface area contributed by atoms with Crippen LogP contribution in [-0.4, -0.2) is 56.2 Å². The van der Waals surface area contributed by atoms with Crippen molar-refractivity contribution in [3.05, 3.63) is 71.1 Å². The van der Waals surface area contributed by atoms with Crippen molar-refractivity contribution in [2.75, 3.05) is 11.9 Å². The Balaban J connectivity index is 1.48. The number of imide groups is 2. The molecule has 4 amide bonds. The van der Waals surface area contributed by atoms with Gasteiger partial charge in [0.05, 0.1) is 17.5 Å². The minimum Gasteiger partial charge on any atom is -0.505 e. The van der Waals surface area contributed by atoms with E-state index in [0.29, 0.717) is 16.8 Å². The molecule has 3 fully saturated rings. The first kappa shape index (κ1) is 26.7. The molecular weight excluding hydrogens is 562 g/mol. The zero-order valence-corrected chi connectivity index (χ0v) is 22.9. The Morgan fingerprint density at radius 3 is 2.30 bits per heavy atom. The maximum atomic E-state index is 14.6. The monoisotopic (exact) mass is 584 g/mol. The number of benzene rings is 2. The third kappa shape index (κ3) is 3.28. The van der Waals surface area contributed by atoms with Crippen molar-refractivity contribution >= 4 is 58.3 Å². The SMILES string of the molecule is CC(=O)c1ccc(N2C(=O)[C@H]3[C@H](CC=C4[C@H]3C[C@@]3(Cl)C(=O)N(C)C(=O)[C@@]3(Cl)[C@H]4c3ccc(O)c(F)c3)C2=O)cc1. The molecule has 1 N–H and O–H groups in total. The predicted molar refractivity (Wildman–Crippen MR) is 142 cm³/mol. The molecule has 1 saturated carbocycles. The second-order valence-corrected chi connectivity index (χ2v) is 12.1. The molecule has 0 radical (unpaired) electrons. The van der Waals surface area contributed by atoms with E-state index < -0.39 is 68.6 Å². The number of amides is 4. The van der Waals surface area contributed by atoms with Crippen LogP contribution in [0.2, 0.25) is 0 Å². The first-order chi connectivity index (χ1) is 18.8. The second kappa shape index (κ2) is 8.72. The van der Waals surface area contributed by atoms with Gasteiger partial charge in [-0.3, -0.25) is 33.8 Å². The molecule has 2 saturated heterocycles. The van der Waals surface area contributed by atoms with E-state index in [9.17, 15) is 33.5 Å². The van der Waals surface area contributed by atoms with Crippen LogP contribution in [0.4, 0.5) is 10.1 Å². The van der Waals surface area contributed by atoms with Gasteiger partial charge >= 0.3 is 0 Å². The number of aromatic hydroxyl groups is 1. The number of hydrogen-bond donors (Lipinski definition) is 1. The van der Waals surface area contributed by atoms with Crippen LogP contribution in [0.25, 0.3) is 0 Å². The highest BCUT2D eigenvalue weighted by molar-refractivity contribution is 6.53. The maximum absolute atomic E-state index is 14.6. The highest BCUT2D eigenvalue weighted by Gasteiger charge is 2.75. The van der Waals surface area contributed by atoms with Gasteiger partial charge in [0.2, 0.25) is 11.8 Å². The van der Waals surface area contributed by atoms with Gasteiger partial charge in [-0.2, -0.15) is 0 Å². The van der Waals surface area contributed by atoms with Gasteiger partial charge in [0.15, 0.2) is 27.1 Å². The molecule has 2 aliphatic carbocycles. The average molecular weight is 585 g/mol. The predicted octanol–water partition coefficient (Wildman–Crippen LogP) is 3.93. The average Bonchev–Trinajstić information content (AvgIpc) is 3.25. The summed E-state index contributed by atoms with van der Waals surface area (Å²) in [5, 5.41) is 9.80. The van der Waals surface area contributed by atoms with Crippen molar-refractivity contribution in [3.63, 3.8) is 0 Å². The Hall–Kier alpha value is -3.56. The molecule has 0 spiro atoms. The van der Waals surface area contributed by atoms with Gasteiger partial charge in [-0.15, -0.1) is 23.2 Å². The first-order valence-corrected chi connectivity index (χ1v) is 13.5. The number of hydrogen-bond acceptors (Lipinski definition) is 6. The third-order valence-electron chi connectivity index (χ3n) is 8.85. The Labute approximate surface area is 238 Å². The lowest BCUT2D eigenvalue weighted by molar-refractivity contribution is -0.138. The Morgan fingerprint density at radius 1 is 1.00 bits per heavy atom. The summed E-state index contributed by atoms with van der Waals surface area (Å²) in [6, 6.07) is 9.70. The minimum atomic E-state index is -2.03. The van der Waals surface area contributed by atoms with E-state index in [-0.39, 0.29) is 24.2 Å². The summed E-state index contributed by atoms with van der Waals surface area (Å²) in [7, 11) is 1.27. The number of fused-ring (bicyclic) bond motifs is 4. The van der Waals surface area contributed by atoms with Crippen molar-refractivity contribution in [3.8, 4) is 5.75 Å². The van der Waals surface area contributed by atoms with Crippen LogP contribution in [0.15, 0.2) is 54.1 Å². The molecule has 0 bridgehead atoms. The van der Waals surface area contributed by atoms with Gasteiger partial charge in [0.1, 0.15) is 0 Å². The highest BCUT2D eigenvalue weighted by atomic mass is 35.5. The van der Waals surface area contributed by atoms with Gasteiger partial charge in [-0.05, 0) is 67.6 Å². The molecule has 2 heterocycles. The molecule has 2 aliphatic heterocycles. The molecule has 206 valence electrons. The molecule has 6 rings (SSSR count). The number of likely N-dealkylation sites (tertiary alicyclic amines) is 1. The Bertz CT molecular complexity index is 1570. The van der Waals surface area contributed by atoms with Gasteiger partial charge in [-0.25, -0.2) is 4.39 Å². The number of Topliss-reactive ketones (excluding diaryl/α,β-unsaturated/α-hetero) is 1. The van der Waals surface area contributed by atoms with Crippen LogP contribution in [-0.2, 0) is 19.2 Å². The molecule has 4 aliphatic rings. The normalized spacial score (nSPS) is 33.1. The van der Waals surface area contributed by atoms with Gasteiger partial charge in [0.25, 0.3) is 11.8 Å². The molecule has 6 atom stereocenters. The summed E-state index contributed by atoms with van der Waals surface area (Å²) in [4.78, 5) is 64.1. The largest absolute Gasteiger partial charge is 0.505 e. The molecule has 2 aromatic rings. The van der Waals surface area contributed by atoms with E-state index in [1.807, 2.05) is 0 Å². The van der Waals surface area contributed by atoms with E-state index in [1.165, 1.54) is 44.3 Å². The smallest absolute Gasteiger partial charge is 0.253 e. The van der Waals surface area contributed by atoms with Gasteiger partial charge < -0.3 is 5.11 Å². The van der Waals surface area contributed by atoms with Gasteiger partial charge in [-0.1, -0.05) is 17.7 Å². The lowest BCUT2D eigenvalue weighted by Crippen LogP contribution is -2.60. The highest BCUT2D eigenvalue weighted by Crippen LogP contribution is 2.65. The van der Waals surface area contributed by atoms with Crippen molar-refractivity contribution in [2.24, 2.45) is 17.8 Å². The zero-order chi connectivity index (χ0) is 28.9. The van der Waals surface area contributed by atoms with Gasteiger partial charge in [0, 0.05) is 18.5 Å². The quantitative estimate of drug-likeness (QED) is 0.253. The first-order valence-electron chi connectivity index (χ1n) is 12.7. The summed E-state index contributed by atoms with van der Waals surface area (Å²) < 4.78 is 14.6. The summed E-state index contributed by atoms with van der Waals surface area (Å²) >= 11 is 14.1. The summed E-state index contributed by atoms with van der Waals surface area (Å²) in [5.41, 5.74) is 1.46. The number of anilines is 1. The lowest BCUT2D eigenvalue weighted by atomic mass is 9.56. The lowest BCUT2D eigenvalue weighted by Gasteiger charge is -2.50. The molecule has 2 aromatic carbocycles. The fourth-order valence-electron chi connectivity index (χ4n) is 6.92. The fourth-order valence-corrected chi connectivity index (χ4v) is 7.94. The molecule has 0 aromatic heterocycles.